The van der Waals surface area contributed by atoms with Crippen LogP contribution in [0, 0.1) is 0 Å². The predicted octanol–water partition coefficient (Wildman–Crippen LogP) is 2.34. The number of aryl methyl sites for hydroxylation is 1. The third-order valence-electron chi connectivity index (χ3n) is 4.03. The molecule has 0 saturated carbocycles. The molecule has 0 amide bonds. The van der Waals surface area contributed by atoms with Gasteiger partial charge in [0.05, 0.1) is 19.1 Å². The smallest absolute Gasteiger partial charge is 0.329 e. The molecule has 2 heterocycles. The van der Waals surface area contributed by atoms with Gasteiger partial charge in [-0.05, 0) is 37.0 Å². The summed E-state index contributed by atoms with van der Waals surface area (Å²) in [6, 6.07) is 6.86. The van der Waals surface area contributed by atoms with Crippen LogP contribution in [0.1, 0.15) is 24.8 Å². The lowest BCUT2D eigenvalue weighted by atomic mass is 10.2. The van der Waals surface area contributed by atoms with Crippen molar-refractivity contribution in [3.05, 3.63) is 42.5 Å². The van der Waals surface area contributed by atoms with Gasteiger partial charge in [-0.25, -0.2) is 15.0 Å². The second-order valence-electron chi connectivity index (χ2n) is 6.25. The molecule has 4 N–H and O–H groups in total. The summed E-state index contributed by atoms with van der Waals surface area (Å²) in [4.78, 5) is 30.5. The Morgan fingerprint density at radius 2 is 2.00 bits per heavy atom. The van der Waals surface area contributed by atoms with Gasteiger partial charge in [-0.2, -0.15) is 0 Å². The van der Waals surface area contributed by atoms with Crippen LogP contribution in [0.15, 0.2) is 36.9 Å². The SMILES string of the molecule is Nc1ncnc2c1ncn2CCCCCOc1cccc(CP(=O)(O)O)c1. The Hall–Kier alpha value is -2.48. The lowest BCUT2D eigenvalue weighted by Crippen LogP contribution is -2.01. The highest BCUT2D eigenvalue weighted by molar-refractivity contribution is 7.50. The van der Waals surface area contributed by atoms with Crippen molar-refractivity contribution < 1.29 is 19.1 Å². The first-order valence-electron chi connectivity index (χ1n) is 8.60. The minimum Gasteiger partial charge on any atom is -0.494 e. The summed E-state index contributed by atoms with van der Waals surface area (Å²) in [5.41, 5.74) is 7.70. The molecule has 2 aromatic heterocycles. The maximum Gasteiger partial charge on any atom is 0.329 e. The lowest BCUT2D eigenvalue weighted by Gasteiger charge is -2.09. The van der Waals surface area contributed by atoms with E-state index in [1.807, 2.05) is 4.57 Å². The molecule has 0 aliphatic carbocycles. The summed E-state index contributed by atoms with van der Waals surface area (Å²) in [5.74, 6) is 1.00. The average molecular weight is 391 g/mol. The number of anilines is 1. The topological polar surface area (TPSA) is 136 Å². The molecular formula is C17H22N5O4P. The molecule has 144 valence electrons. The summed E-state index contributed by atoms with van der Waals surface area (Å²) in [7, 11) is -4.07. The van der Waals surface area contributed by atoms with Crippen LogP contribution in [0.5, 0.6) is 5.75 Å². The second kappa shape index (κ2) is 8.47. The van der Waals surface area contributed by atoms with E-state index in [4.69, 9.17) is 20.3 Å². The van der Waals surface area contributed by atoms with Crippen LogP contribution < -0.4 is 10.5 Å². The maximum absolute atomic E-state index is 11.1. The summed E-state index contributed by atoms with van der Waals surface area (Å²) in [6.45, 7) is 1.32. The van der Waals surface area contributed by atoms with Crippen LogP contribution in [-0.2, 0) is 17.3 Å². The quantitative estimate of drug-likeness (QED) is 0.373. The Kier molecular flexibility index (Phi) is 6.05. The van der Waals surface area contributed by atoms with Crippen LogP contribution in [-0.4, -0.2) is 35.9 Å². The molecule has 0 unspecified atom stereocenters. The number of imidazole rings is 1. The average Bonchev–Trinajstić information content (AvgIpc) is 3.01. The van der Waals surface area contributed by atoms with Crippen molar-refractivity contribution in [3.63, 3.8) is 0 Å². The fourth-order valence-electron chi connectivity index (χ4n) is 2.78. The Labute approximate surface area is 156 Å². The Bertz CT molecular complexity index is 955. The first-order chi connectivity index (χ1) is 12.9. The molecule has 27 heavy (non-hydrogen) atoms. The number of rotatable bonds is 9. The second-order valence-corrected chi connectivity index (χ2v) is 7.89. The van der Waals surface area contributed by atoms with E-state index in [0.717, 1.165) is 31.5 Å². The molecule has 0 aliphatic rings. The molecule has 0 radical (unpaired) electrons. The molecule has 3 rings (SSSR count). The molecule has 3 aromatic rings. The van der Waals surface area contributed by atoms with E-state index in [2.05, 4.69) is 15.0 Å². The number of nitrogen functional groups attached to an aromatic ring is 1. The van der Waals surface area contributed by atoms with Crippen molar-refractivity contribution in [2.24, 2.45) is 0 Å². The predicted molar refractivity (Wildman–Crippen MR) is 101 cm³/mol. The van der Waals surface area contributed by atoms with E-state index >= 15 is 0 Å². The van der Waals surface area contributed by atoms with Crippen LogP contribution in [0.25, 0.3) is 11.2 Å². The molecule has 0 aliphatic heterocycles. The van der Waals surface area contributed by atoms with Gasteiger partial charge in [0, 0.05) is 6.54 Å². The van der Waals surface area contributed by atoms with E-state index in [0.29, 0.717) is 29.3 Å². The van der Waals surface area contributed by atoms with Crippen LogP contribution in [0.4, 0.5) is 5.82 Å². The summed E-state index contributed by atoms with van der Waals surface area (Å²) in [6.07, 6.45) is 5.64. The minimum absolute atomic E-state index is 0.281. The van der Waals surface area contributed by atoms with E-state index in [9.17, 15) is 4.57 Å². The van der Waals surface area contributed by atoms with Gasteiger partial charge in [0.15, 0.2) is 11.5 Å². The van der Waals surface area contributed by atoms with Crippen molar-refractivity contribution >= 4 is 24.6 Å². The van der Waals surface area contributed by atoms with Gasteiger partial charge in [0.2, 0.25) is 0 Å². The van der Waals surface area contributed by atoms with Gasteiger partial charge in [-0.1, -0.05) is 12.1 Å². The monoisotopic (exact) mass is 391 g/mol. The number of ether oxygens (including phenoxy) is 1. The Morgan fingerprint density at radius 1 is 1.15 bits per heavy atom. The van der Waals surface area contributed by atoms with E-state index in [1.165, 1.54) is 6.33 Å². The number of nitrogens with zero attached hydrogens (tertiary/aromatic N) is 4. The minimum atomic E-state index is -4.07. The van der Waals surface area contributed by atoms with Crippen LogP contribution in [0.3, 0.4) is 0 Å². The van der Waals surface area contributed by atoms with Gasteiger partial charge < -0.3 is 24.8 Å². The molecule has 10 heteroatoms. The van der Waals surface area contributed by atoms with Crippen molar-refractivity contribution in [3.8, 4) is 5.75 Å². The van der Waals surface area contributed by atoms with Crippen molar-refractivity contribution in [2.45, 2.75) is 32.0 Å². The van der Waals surface area contributed by atoms with Crippen molar-refractivity contribution in [2.75, 3.05) is 12.3 Å². The number of aromatic nitrogens is 4. The number of nitrogens with two attached hydrogens (primary N) is 1. The fraction of sp³-hybridized carbons (Fsp3) is 0.353. The third kappa shape index (κ3) is 5.50. The molecule has 0 saturated heterocycles. The number of fused-ring (bicyclic) bond motifs is 1. The summed E-state index contributed by atoms with van der Waals surface area (Å²) < 4.78 is 18.7. The zero-order valence-corrected chi connectivity index (χ0v) is 15.6. The van der Waals surface area contributed by atoms with Crippen LogP contribution >= 0.6 is 7.60 Å². The molecule has 0 atom stereocenters. The summed E-state index contributed by atoms with van der Waals surface area (Å²) in [5, 5.41) is 0. The summed E-state index contributed by atoms with van der Waals surface area (Å²) >= 11 is 0. The maximum atomic E-state index is 11.1. The normalized spacial score (nSPS) is 11.8. The number of unbranched alkanes of at least 4 members (excludes halogenated alkanes) is 2. The molecule has 1 aromatic carbocycles. The molecule has 0 fully saturated rings. The zero-order valence-electron chi connectivity index (χ0n) is 14.7. The highest BCUT2D eigenvalue weighted by Gasteiger charge is 2.14. The van der Waals surface area contributed by atoms with Gasteiger partial charge in [0.25, 0.3) is 0 Å². The van der Waals surface area contributed by atoms with Crippen molar-refractivity contribution in [1.82, 2.24) is 19.5 Å². The Balaban J connectivity index is 1.41. The van der Waals surface area contributed by atoms with Gasteiger partial charge in [-0.15, -0.1) is 0 Å². The highest BCUT2D eigenvalue weighted by atomic mass is 31.2. The molecule has 0 bridgehead atoms. The zero-order chi connectivity index (χ0) is 19.3. The van der Waals surface area contributed by atoms with Gasteiger partial charge >= 0.3 is 7.60 Å². The molecular weight excluding hydrogens is 369 g/mol. The van der Waals surface area contributed by atoms with Crippen LogP contribution in [0.2, 0.25) is 0 Å². The number of hydrogen-bond acceptors (Lipinski definition) is 6. The van der Waals surface area contributed by atoms with E-state index in [-0.39, 0.29) is 6.16 Å². The first kappa shape index (κ1) is 19.3. The largest absolute Gasteiger partial charge is 0.494 e. The molecule has 9 nitrogen and oxygen atoms in total. The van der Waals surface area contributed by atoms with Crippen molar-refractivity contribution in [1.29, 1.82) is 0 Å². The molecule has 0 spiro atoms. The standard InChI is InChI=1S/C17H22N5O4P/c18-16-15-17(20-11-19-16)22(12-21-15)7-2-1-3-8-26-14-6-4-5-13(9-14)10-27(23,24)25/h4-6,9,11-12H,1-3,7-8,10H2,(H2,18,19,20)(H2,23,24,25). The highest BCUT2D eigenvalue weighted by Crippen LogP contribution is 2.39. The Morgan fingerprint density at radius 3 is 2.81 bits per heavy atom. The van der Waals surface area contributed by atoms with E-state index < -0.39 is 7.60 Å². The third-order valence-corrected chi connectivity index (χ3v) is 4.81. The fourth-order valence-corrected chi connectivity index (χ4v) is 3.46. The lowest BCUT2D eigenvalue weighted by molar-refractivity contribution is 0.303. The van der Waals surface area contributed by atoms with Gasteiger partial charge in [-0.3, -0.25) is 4.57 Å². The van der Waals surface area contributed by atoms with E-state index in [1.54, 1.807) is 30.6 Å². The van der Waals surface area contributed by atoms with Gasteiger partial charge in [0.1, 0.15) is 17.6 Å². The number of hydrogen-bond donors (Lipinski definition) is 3. The first-order valence-corrected chi connectivity index (χ1v) is 10.4. The number of benzene rings is 1.